The molecular formula is C12H9Cl2N3O2. The Kier molecular flexibility index (Phi) is 4.09. The number of ether oxygens (including phenoxy) is 1. The fraction of sp³-hybridized carbons (Fsp3) is 0. The molecule has 0 bridgehead atoms. The van der Waals surface area contributed by atoms with E-state index >= 15 is 0 Å². The monoisotopic (exact) mass is 297 g/mol. The molecule has 19 heavy (non-hydrogen) atoms. The number of pyridine rings is 1. The lowest BCUT2D eigenvalue weighted by Crippen LogP contribution is -2.13. The van der Waals surface area contributed by atoms with Crippen LogP contribution in [0, 0.1) is 0 Å². The Morgan fingerprint density at radius 2 is 2.00 bits per heavy atom. The zero-order valence-electron chi connectivity index (χ0n) is 9.55. The molecule has 2 rings (SSSR count). The van der Waals surface area contributed by atoms with Crippen LogP contribution in [0.2, 0.25) is 10.0 Å². The summed E-state index contributed by atoms with van der Waals surface area (Å²) < 4.78 is 5.49. The summed E-state index contributed by atoms with van der Waals surface area (Å²) in [4.78, 5) is 4.02. The van der Waals surface area contributed by atoms with Crippen LogP contribution in [0.5, 0.6) is 11.6 Å². The van der Waals surface area contributed by atoms with Crippen LogP contribution in [-0.2, 0) is 0 Å². The van der Waals surface area contributed by atoms with Gasteiger partial charge in [0.15, 0.2) is 5.84 Å². The van der Waals surface area contributed by atoms with Crippen molar-refractivity contribution in [3.05, 3.63) is 52.1 Å². The molecule has 0 unspecified atom stereocenters. The molecule has 98 valence electrons. The number of aromatic nitrogens is 1. The van der Waals surface area contributed by atoms with E-state index in [9.17, 15) is 0 Å². The van der Waals surface area contributed by atoms with Gasteiger partial charge in [-0.1, -0.05) is 28.4 Å². The molecule has 1 aromatic heterocycles. The zero-order chi connectivity index (χ0) is 13.8. The van der Waals surface area contributed by atoms with E-state index in [1.165, 1.54) is 6.20 Å². The molecule has 0 saturated heterocycles. The maximum absolute atomic E-state index is 8.53. The first-order valence-electron chi connectivity index (χ1n) is 5.17. The zero-order valence-corrected chi connectivity index (χ0v) is 11.1. The van der Waals surface area contributed by atoms with E-state index in [1.807, 2.05) is 0 Å². The lowest BCUT2D eigenvalue weighted by Gasteiger charge is -2.06. The van der Waals surface area contributed by atoms with Crippen molar-refractivity contribution in [2.75, 3.05) is 0 Å². The van der Waals surface area contributed by atoms with Gasteiger partial charge in [0.1, 0.15) is 5.75 Å². The van der Waals surface area contributed by atoms with Crippen LogP contribution < -0.4 is 10.5 Å². The molecule has 0 saturated carbocycles. The molecule has 5 nitrogen and oxygen atoms in total. The van der Waals surface area contributed by atoms with Crippen molar-refractivity contribution < 1.29 is 9.94 Å². The highest BCUT2D eigenvalue weighted by molar-refractivity contribution is 6.42. The second-order valence-corrected chi connectivity index (χ2v) is 4.36. The van der Waals surface area contributed by atoms with Gasteiger partial charge in [0, 0.05) is 23.9 Å². The van der Waals surface area contributed by atoms with Gasteiger partial charge >= 0.3 is 0 Å². The molecule has 3 N–H and O–H groups in total. The van der Waals surface area contributed by atoms with Crippen molar-refractivity contribution in [2.24, 2.45) is 10.9 Å². The first-order valence-corrected chi connectivity index (χ1v) is 5.92. The van der Waals surface area contributed by atoms with Crippen LogP contribution in [0.15, 0.2) is 41.7 Å². The Morgan fingerprint density at radius 3 is 2.58 bits per heavy atom. The fourth-order valence-corrected chi connectivity index (χ4v) is 1.60. The lowest BCUT2D eigenvalue weighted by molar-refractivity contribution is 0.318. The molecule has 0 spiro atoms. The normalized spacial score (nSPS) is 11.4. The van der Waals surface area contributed by atoms with Gasteiger partial charge in [-0.3, -0.25) is 0 Å². The molecule has 0 radical (unpaired) electrons. The predicted octanol–water partition coefficient (Wildman–Crippen LogP) is 3.28. The van der Waals surface area contributed by atoms with Gasteiger partial charge in [0.05, 0.1) is 10.0 Å². The van der Waals surface area contributed by atoms with Gasteiger partial charge in [-0.2, -0.15) is 0 Å². The van der Waals surface area contributed by atoms with E-state index in [2.05, 4.69) is 10.1 Å². The third-order valence-corrected chi connectivity index (χ3v) is 2.99. The van der Waals surface area contributed by atoms with Crippen molar-refractivity contribution in [1.29, 1.82) is 0 Å². The Bertz CT molecular complexity index is 615. The van der Waals surface area contributed by atoms with Crippen LogP contribution in [0.4, 0.5) is 0 Å². The number of oxime groups is 1. The van der Waals surface area contributed by atoms with E-state index in [0.29, 0.717) is 27.2 Å². The Labute approximate surface area is 119 Å². The van der Waals surface area contributed by atoms with Crippen LogP contribution in [0.25, 0.3) is 0 Å². The number of nitrogens with zero attached hydrogens (tertiary/aromatic N) is 2. The third-order valence-electron chi connectivity index (χ3n) is 2.25. The minimum Gasteiger partial charge on any atom is -0.439 e. The maximum Gasteiger partial charge on any atom is 0.219 e. The van der Waals surface area contributed by atoms with Crippen molar-refractivity contribution in [3.63, 3.8) is 0 Å². The number of amidine groups is 1. The molecule has 1 heterocycles. The van der Waals surface area contributed by atoms with Gasteiger partial charge < -0.3 is 15.7 Å². The Balaban J connectivity index is 2.17. The van der Waals surface area contributed by atoms with E-state index in [1.54, 1.807) is 30.3 Å². The highest BCUT2D eigenvalue weighted by Gasteiger charge is 2.04. The molecular weight excluding hydrogens is 289 g/mol. The number of nitrogens with two attached hydrogens (primary N) is 1. The summed E-state index contributed by atoms with van der Waals surface area (Å²) in [6.07, 6.45) is 1.43. The number of hydrogen-bond acceptors (Lipinski definition) is 4. The second-order valence-electron chi connectivity index (χ2n) is 3.55. The summed E-state index contributed by atoms with van der Waals surface area (Å²) >= 11 is 11.7. The third kappa shape index (κ3) is 3.27. The summed E-state index contributed by atoms with van der Waals surface area (Å²) in [6, 6.07) is 8.10. The first-order chi connectivity index (χ1) is 9.10. The second kappa shape index (κ2) is 5.77. The van der Waals surface area contributed by atoms with Gasteiger partial charge in [-0.15, -0.1) is 0 Å². The van der Waals surface area contributed by atoms with Crippen molar-refractivity contribution in [1.82, 2.24) is 4.98 Å². The topological polar surface area (TPSA) is 80.7 Å². The van der Waals surface area contributed by atoms with Gasteiger partial charge in [-0.05, 0) is 18.2 Å². The number of halogens is 2. The Hall–Kier alpha value is -1.98. The molecule has 0 amide bonds. The van der Waals surface area contributed by atoms with E-state index < -0.39 is 0 Å². The summed E-state index contributed by atoms with van der Waals surface area (Å²) in [6.45, 7) is 0. The smallest absolute Gasteiger partial charge is 0.219 e. The average Bonchev–Trinajstić information content (AvgIpc) is 2.43. The summed E-state index contributed by atoms with van der Waals surface area (Å²) in [5.74, 6) is 0.847. The van der Waals surface area contributed by atoms with Crippen molar-refractivity contribution in [3.8, 4) is 11.6 Å². The van der Waals surface area contributed by atoms with Crippen LogP contribution in [-0.4, -0.2) is 16.0 Å². The van der Waals surface area contributed by atoms with Crippen molar-refractivity contribution >= 4 is 29.0 Å². The molecule has 7 heteroatoms. The average molecular weight is 298 g/mol. The minimum atomic E-state index is -0.0198. The molecule has 0 aliphatic heterocycles. The highest BCUT2D eigenvalue weighted by Crippen LogP contribution is 2.28. The number of benzene rings is 1. The minimum absolute atomic E-state index is 0.0198. The first kappa shape index (κ1) is 13.5. The highest BCUT2D eigenvalue weighted by atomic mass is 35.5. The lowest BCUT2D eigenvalue weighted by atomic mass is 10.3. The molecule has 0 fully saturated rings. The number of hydrogen-bond donors (Lipinski definition) is 2. The molecule has 2 aromatic rings. The summed E-state index contributed by atoms with van der Waals surface area (Å²) in [5, 5.41) is 12.2. The Morgan fingerprint density at radius 1 is 1.21 bits per heavy atom. The summed E-state index contributed by atoms with van der Waals surface area (Å²) in [7, 11) is 0. The molecule has 0 aliphatic rings. The largest absolute Gasteiger partial charge is 0.439 e. The quantitative estimate of drug-likeness (QED) is 0.394. The van der Waals surface area contributed by atoms with Crippen LogP contribution >= 0.6 is 23.2 Å². The fourth-order valence-electron chi connectivity index (χ4n) is 1.31. The number of rotatable bonds is 3. The molecule has 1 aromatic carbocycles. The van der Waals surface area contributed by atoms with Crippen molar-refractivity contribution in [2.45, 2.75) is 0 Å². The predicted molar refractivity (Wildman–Crippen MR) is 73.3 cm³/mol. The van der Waals surface area contributed by atoms with E-state index in [-0.39, 0.29) is 5.84 Å². The van der Waals surface area contributed by atoms with Gasteiger partial charge in [0.2, 0.25) is 5.88 Å². The van der Waals surface area contributed by atoms with Crippen LogP contribution in [0.3, 0.4) is 0 Å². The molecule has 0 atom stereocenters. The van der Waals surface area contributed by atoms with E-state index in [0.717, 1.165) is 0 Å². The summed E-state index contributed by atoms with van der Waals surface area (Å²) in [5.41, 5.74) is 5.91. The van der Waals surface area contributed by atoms with Gasteiger partial charge in [0.25, 0.3) is 0 Å². The van der Waals surface area contributed by atoms with Gasteiger partial charge in [-0.25, -0.2) is 4.98 Å². The maximum atomic E-state index is 8.53. The SMILES string of the molecule is N/C(=N\O)c1ccc(Oc2ccc(Cl)c(Cl)c2)nc1. The van der Waals surface area contributed by atoms with E-state index in [4.69, 9.17) is 38.9 Å². The van der Waals surface area contributed by atoms with Crippen LogP contribution in [0.1, 0.15) is 5.56 Å². The standard InChI is InChI=1S/C12H9Cl2N3O2/c13-9-3-2-8(5-10(9)14)19-11-4-1-7(6-16-11)12(15)17-18/h1-6,18H,(H2,15,17). The molecule has 0 aliphatic carbocycles.